The minimum absolute atomic E-state index is 0.0752. The third kappa shape index (κ3) is 3.67. The Hall–Kier alpha value is -2.84. The first-order chi connectivity index (χ1) is 13.1. The van der Waals surface area contributed by atoms with E-state index in [2.05, 4.69) is 10.3 Å². The Morgan fingerprint density at radius 2 is 2.15 bits per heavy atom. The lowest BCUT2D eigenvalue weighted by Crippen LogP contribution is -2.14. The number of amides is 1. The van der Waals surface area contributed by atoms with Crippen molar-refractivity contribution in [3.8, 4) is 0 Å². The van der Waals surface area contributed by atoms with Crippen molar-refractivity contribution in [1.82, 2.24) is 9.38 Å². The summed E-state index contributed by atoms with van der Waals surface area (Å²) in [6.07, 6.45) is 1.46. The Morgan fingerprint density at radius 3 is 2.96 bits per heavy atom. The van der Waals surface area contributed by atoms with Crippen LogP contribution in [0.5, 0.6) is 0 Å². The molecule has 136 valence electrons. The highest BCUT2D eigenvalue weighted by Crippen LogP contribution is 2.30. The molecule has 1 N–H and O–H groups in total. The highest BCUT2D eigenvalue weighted by atomic mass is 32.2. The maximum Gasteiger partial charge on any atom is 0.291 e. The molecule has 4 rings (SSSR count). The fraction of sp³-hybridized carbons (Fsp3) is 0.105. The number of fused-ring (bicyclic) bond motifs is 1. The first-order valence-corrected chi connectivity index (χ1v) is 10.0. The Morgan fingerprint density at radius 1 is 1.30 bits per heavy atom. The van der Waals surface area contributed by atoms with Crippen LogP contribution in [-0.2, 0) is 5.75 Å². The number of thiazole rings is 1. The standard InChI is InChI=1S/C19H15N3O3S2/c1-12-10-27-19-20-13(9-17(23)22(12)19)11-26-16-7-3-2-5-14(16)21-18(24)15-6-4-8-25-15/h2-10H,11H2,1H3,(H,21,24). The van der Waals surface area contributed by atoms with Gasteiger partial charge in [-0.2, -0.15) is 0 Å². The summed E-state index contributed by atoms with van der Waals surface area (Å²) in [6.45, 7) is 1.89. The molecular formula is C19H15N3O3S2. The first kappa shape index (κ1) is 17.6. The molecule has 8 heteroatoms. The van der Waals surface area contributed by atoms with Gasteiger partial charge in [0, 0.05) is 27.8 Å². The van der Waals surface area contributed by atoms with Gasteiger partial charge < -0.3 is 9.73 Å². The van der Waals surface area contributed by atoms with Gasteiger partial charge >= 0.3 is 0 Å². The fourth-order valence-electron chi connectivity index (χ4n) is 2.61. The maximum atomic E-state index is 12.3. The van der Waals surface area contributed by atoms with Crippen LogP contribution in [0.15, 0.2) is 68.2 Å². The number of anilines is 1. The van der Waals surface area contributed by atoms with Gasteiger partial charge in [-0.1, -0.05) is 12.1 Å². The van der Waals surface area contributed by atoms with Gasteiger partial charge in [-0.25, -0.2) is 4.98 Å². The predicted molar refractivity (Wildman–Crippen MR) is 107 cm³/mol. The second-order valence-electron chi connectivity index (χ2n) is 5.80. The molecule has 0 saturated heterocycles. The second-order valence-corrected chi connectivity index (χ2v) is 7.65. The number of benzene rings is 1. The van der Waals surface area contributed by atoms with Crippen LogP contribution in [-0.4, -0.2) is 15.3 Å². The molecule has 6 nitrogen and oxygen atoms in total. The van der Waals surface area contributed by atoms with E-state index in [1.807, 2.05) is 36.6 Å². The van der Waals surface area contributed by atoms with E-state index in [0.29, 0.717) is 22.1 Å². The Bertz CT molecular complexity index is 1160. The zero-order chi connectivity index (χ0) is 18.8. The van der Waals surface area contributed by atoms with Crippen LogP contribution in [0.2, 0.25) is 0 Å². The summed E-state index contributed by atoms with van der Waals surface area (Å²) in [5.41, 5.74) is 2.21. The number of aryl methyl sites for hydroxylation is 1. The average molecular weight is 397 g/mol. The summed E-state index contributed by atoms with van der Waals surface area (Å²) >= 11 is 2.96. The van der Waals surface area contributed by atoms with E-state index in [0.717, 1.165) is 10.6 Å². The number of hydrogen-bond donors (Lipinski definition) is 1. The van der Waals surface area contributed by atoms with Crippen LogP contribution in [0, 0.1) is 6.92 Å². The van der Waals surface area contributed by atoms with Crippen LogP contribution >= 0.6 is 23.1 Å². The van der Waals surface area contributed by atoms with E-state index < -0.39 is 0 Å². The second kappa shape index (κ2) is 7.42. The van der Waals surface area contributed by atoms with Crippen molar-refractivity contribution in [2.75, 3.05) is 5.32 Å². The number of rotatable bonds is 5. The van der Waals surface area contributed by atoms with E-state index in [-0.39, 0.29) is 17.2 Å². The Kier molecular flexibility index (Phi) is 4.83. The lowest BCUT2D eigenvalue weighted by atomic mass is 10.3. The van der Waals surface area contributed by atoms with Gasteiger partial charge in [0.2, 0.25) is 0 Å². The molecule has 0 unspecified atom stereocenters. The van der Waals surface area contributed by atoms with Crippen molar-refractivity contribution in [1.29, 1.82) is 0 Å². The molecule has 0 spiro atoms. The third-order valence-electron chi connectivity index (χ3n) is 3.88. The van der Waals surface area contributed by atoms with E-state index in [1.54, 1.807) is 22.6 Å². The van der Waals surface area contributed by atoms with Crippen molar-refractivity contribution in [2.24, 2.45) is 0 Å². The van der Waals surface area contributed by atoms with Gasteiger partial charge in [0.1, 0.15) is 0 Å². The summed E-state index contributed by atoms with van der Waals surface area (Å²) < 4.78 is 6.74. The predicted octanol–water partition coefficient (Wildman–Crippen LogP) is 4.20. The summed E-state index contributed by atoms with van der Waals surface area (Å²) in [5, 5.41) is 4.77. The topological polar surface area (TPSA) is 76.6 Å². The molecule has 0 bridgehead atoms. The molecule has 3 heterocycles. The first-order valence-electron chi connectivity index (χ1n) is 8.15. The lowest BCUT2D eigenvalue weighted by molar-refractivity contribution is 0.0996. The van der Waals surface area contributed by atoms with Gasteiger partial charge in [0.15, 0.2) is 10.7 Å². The van der Waals surface area contributed by atoms with Crippen LogP contribution < -0.4 is 10.9 Å². The smallest absolute Gasteiger partial charge is 0.291 e. The molecule has 27 heavy (non-hydrogen) atoms. The number of carbonyl (C=O) groups excluding carboxylic acids is 1. The summed E-state index contributed by atoms with van der Waals surface area (Å²) in [5.74, 6) is 0.471. The van der Waals surface area contributed by atoms with Crippen molar-refractivity contribution < 1.29 is 9.21 Å². The summed E-state index contributed by atoms with van der Waals surface area (Å²) in [6, 6.07) is 12.3. The number of para-hydroxylation sites is 1. The van der Waals surface area contributed by atoms with Crippen molar-refractivity contribution in [3.05, 3.63) is 81.6 Å². The molecule has 0 aliphatic rings. The molecular weight excluding hydrogens is 382 g/mol. The quantitative estimate of drug-likeness (QED) is 0.511. The van der Waals surface area contributed by atoms with E-state index in [9.17, 15) is 9.59 Å². The number of thioether (sulfide) groups is 1. The van der Waals surface area contributed by atoms with Gasteiger partial charge in [-0.05, 0) is 31.2 Å². The van der Waals surface area contributed by atoms with Gasteiger partial charge in [-0.15, -0.1) is 23.1 Å². The SMILES string of the molecule is Cc1csc2nc(CSc3ccccc3NC(=O)c3ccco3)cc(=O)n12. The Labute approximate surface area is 162 Å². The molecule has 0 saturated carbocycles. The molecule has 0 aliphatic heterocycles. The highest BCUT2D eigenvalue weighted by Gasteiger charge is 2.12. The van der Waals surface area contributed by atoms with Crippen LogP contribution in [0.25, 0.3) is 4.96 Å². The van der Waals surface area contributed by atoms with Crippen molar-refractivity contribution >= 4 is 39.7 Å². The molecule has 0 aliphatic carbocycles. The van der Waals surface area contributed by atoms with Crippen molar-refractivity contribution in [2.45, 2.75) is 17.6 Å². The molecule has 4 aromatic rings. The van der Waals surface area contributed by atoms with E-state index >= 15 is 0 Å². The van der Waals surface area contributed by atoms with Gasteiger partial charge in [0.05, 0.1) is 17.6 Å². The molecule has 0 atom stereocenters. The van der Waals surface area contributed by atoms with E-state index in [4.69, 9.17) is 4.42 Å². The molecule has 1 aromatic carbocycles. The average Bonchev–Trinajstić information content (AvgIpc) is 3.31. The number of carbonyl (C=O) groups is 1. The van der Waals surface area contributed by atoms with Crippen molar-refractivity contribution in [3.63, 3.8) is 0 Å². The minimum atomic E-state index is -0.306. The molecule has 0 fully saturated rings. The lowest BCUT2D eigenvalue weighted by Gasteiger charge is -2.09. The van der Waals surface area contributed by atoms with Crippen LogP contribution in [0.4, 0.5) is 5.69 Å². The zero-order valence-electron chi connectivity index (χ0n) is 14.3. The normalized spacial score (nSPS) is 11.0. The van der Waals surface area contributed by atoms with Crippen LogP contribution in [0.3, 0.4) is 0 Å². The zero-order valence-corrected chi connectivity index (χ0v) is 16.0. The number of nitrogens with zero attached hydrogens (tertiary/aromatic N) is 2. The third-order valence-corrected chi connectivity index (χ3v) is 5.94. The minimum Gasteiger partial charge on any atom is -0.459 e. The Balaban J connectivity index is 1.53. The molecule has 0 radical (unpaired) electrons. The molecule has 3 aromatic heterocycles. The number of aromatic nitrogens is 2. The molecule has 1 amide bonds. The van der Waals surface area contributed by atoms with Crippen LogP contribution in [0.1, 0.15) is 21.9 Å². The largest absolute Gasteiger partial charge is 0.459 e. The van der Waals surface area contributed by atoms with Gasteiger partial charge in [-0.3, -0.25) is 14.0 Å². The number of nitrogens with one attached hydrogen (secondary N) is 1. The monoisotopic (exact) mass is 397 g/mol. The summed E-state index contributed by atoms with van der Waals surface area (Å²) in [4.78, 5) is 30.7. The number of furan rings is 1. The maximum absolute atomic E-state index is 12.3. The highest BCUT2D eigenvalue weighted by molar-refractivity contribution is 7.98. The van der Waals surface area contributed by atoms with E-state index in [1.165, 1.54) is 29.4 Å². The fourth-order valence-corrected chi connectivity index (χ4v) is 4.41. The van der Waals surface area contributed by atoms with Gasteiger partial charge in [0.25, 0.3) is 11.5 Å². The summed E-state index contributed by atoms with van der Waals surface area (Å²) in [7, 11) is 0. The number of hydrogen-bond acceptors (Lipinski definition) is 6.